The molecule has 3 aliphatic heterocycles. The number of imide groups is 1. The summed E-state index contributed by atoms with van der Waals surface area (Å²) in [6, 6.07) is 4.84. The molecule has 0 radical (unpaired) electrons. The predicted molar refractivity (Wildman–Crippen MR) is 147 cm³/mol. The Bertz CT molecular complexity index is 1670. The van der Waals surface area contributed by atoms with Crippen LogP contribution in [0.5, 0.6) is 0 Å². The van der Waals surface area contributed by atoms with Gasteiger partial charge in [-0.15, -0.1) is 0 Å². The Kier molecular flexibility index (Phi) is 5.02. The lowest BCUT2D eigenvalue weighted by Crippen LogP contribution is -2.53. The van der Waals surface area contributed by atoms with Gasteiger partial charge in [0.1, 0.15) is 11.9 Å². The zero-order chi connectivity index (χ0) is 30.1. The minimum absolute atomic E-state index is 0.105. The number of piperidine rings is 2. The van der Waals surface area contributed by atoms with E-state index < -0.39 is 24.2 Å². The van der Waals surface area contributed by atoms with Crippen LogP contribution in [0.1, 0.15) is 83.4 Å². The summed E-state index contributed by atoms with van der Waals surface area (Å²) in [5.74, 6) is -0.909. The second-order valence-corrected chi connectivity index (χ2v) is 11.4. The maximum Gasteiger partial charge on any atom is 0.260 e. The maximum atomic E-state index is 13.4. The van der Waals surface area contributed by atoms with Crippen LogP contribution in [0.25, 0.3) is 10.8 Å². The first-order valence-corrected chi connectivity index (χ1v) is 14.0. The van der Waals surface area contributed by atoms with Crippen LogP contribution in [0.2, 0.25) is 0 Å². The van der Waals surface area contributed by atoms with Crippen LogP contribution in [0.15, 0.2) is 36.8 Å². The molecule has 10 heteroatoms. The van der Waals surface area contributed by atoms with Gasteiger partial charge in [-0.3, -0.25) is 34.1 Å². The van der Waals surface area contributed by atoms with Crippen molar-refractivity contribution in [2.24, 2.45) is 5.41 Å². The standard InChI is InChI=1S/C30H32N6O4/c1-30(10-3-11-30)29(40)34-12-8-20(9-13-34)35-17-18(15-32-35)14-19-16-31-26-25-21(19)4-2-5-22(25)28(39)36(26)23-6-7-24(37)33-27(23)38/h2,4-5,15-17,20,23H,3,6-14H2,1H3,(H,33,37,38)/i1D3. The van der Waals surface area contributed by atoms with Crippen LogP contribution in [0.4, 0.5) is 5.82 Å². The highest BCUT2D eigenvalue weighted by Crippen LogP contribution is 2.43. The number of nitrogens with one attached hydrogen (secondary N) is 1. The number of anilines is 1. The molecule has 0 bridgehead atoms. The van der Waals surface area contributed by atoms with Crippen LogP contribution in [0.3, 0.4) is 0 Å². The normalized spacial score (nSPS) is 23.9. The van der Waals surface area contributed by atoms with E-state index in [1.807, 2.05) is 29.2 Å². The number of hydrogen-bond acceptors (Lipinski definition) is 6. The molecular weight excluding hydrogens is 508 g/mol. The van der Waals surface area contributed by atoms with E-state index in [0.717, 1.165) is 22.9 Å². The number of nitrogens with zero attached hydrogens (tertiary/aromatic N) is 5. The highest BCUT2D eigenvalue weighted by atomic mass is 16.2. The number of pyridine rings is 1. The fourth-order valence-corrected chi connectivity index (χ4v) is 6.55. The molecule has 3 aromatic rings. The minimum atomic E-state index is -2.27. The van der Waals surface area contributed by atoms with E-state index in [0.29, 0.717) is 62.0 Å². The van der Waals surface area contributed by atoms with Gasteiger partial charge in [0, 0.05) is 53.2 Å². The molecule has 4 amide bonds. The van der Waals surface area contributed by atoms with Gasteiger partial charge in [-0.2, -0.15) is 5.10 Å². The van der Waals surface area contributed by atoms with Crippen LogP contribution >= 0.6 is 0 Å². The summed E-state index contributed by atoms with van der Waals surface area (Å²) in [6.07, 6.45) is 9.55. The van der Waals surface area contributed by atoms with E-state index in [-0.39, 0.29) is 36.6 Å². The van der Waals surface area contributed by atoms with Crippen molar-refractivity contribution in [3.8, 4) is 0 Å². The second kappa shape index (κ2) is 9.25. The fraction of sp³-hybridized carbons (Fsp3) is 0.467. The Morgan fingerprint density at radius 2 is 1.98 bits per heavy atom. The molecule has 1 N–H and O–H groups in total. The van der Waals surface area contributed by atoms with E-state index in [2.05, 4.69) is 15.4 Å². The lowest BCUT2D eigenvalue weighted by Gasteiger charge is -2.43. The monoisotopic (exact) mass is 543 g/mol. The first kappa shape index (κ1) is 21.7. The molecule has 206 valence electrons. The first-order valence-electron chi connectivity index (χ1n) is 15.5. The molecule has 40 heavy (non-hydrogen) atoms. The van der Waals surface area contributed by atoms with Gasteiger partial charge >= 0.3 is 0 Å². The third kappa shape index (κ3) is 3.91. The minimum Gasteiger partial charge on any atom is -0.342 e. The molecular formula is C30H32N6O4. The van der Waals surface area contributed by atoms with Crippen LogP contribution in [0, 0.1) is 5.41 Å². The molecule has 3 fully saturated rings. The van der Waals surface area contributed by atoms with Crippen molar-refractivity contribution < 1.29 is 23.3 Å². The van der Waals surface area contributed by atoms with Crippen molar-refractivity contribution in [1.29, 1.82) is 0 Å². The van der Waals surface area contributed by atoms with Crippen LogP contribution < -0.4 is 10.2 Å². The SMILES string of the molecule is [2H]C([2H])([2H])C1(C(=O)N2CCC(n3cc(Cc4cnc5c6c(cccc46)C(=O)N5C4CCC(=O)NC4=O)cn3)CC2)CCC1. The van der Waals surface area contributed by atoms with E-state index in [4.69, 9.17) is 4.11 Å². The largest absolute Gasteiger partial charge is 0.342 e. The number of carbonyl (C=O) groups excluding carboxylic acids is 4. The fourth-order valence-electron chi connectivity index (χ4n) is 6.55. The smallest absolute Gasteiger partial charge is 0.260 e. The molecule has 7 rings (SSSR count). The van der Waals surface area contributed by atoms with Gasteiger partial charge in [0.25, 0.3) is 5.91 Å². The second-order valence-electron chi connectivity index (χ2n) is 11.4. The van der Waals surface area contributed by atoms with E-state index in [9.17, 15) is 19.2 Å². The zero-order valence-electron chi connectivity index (χ0n) is 25.1. The van der Waals surface area contributed by atoms with Gasteiger partial charge in [0.05, 0.1) is 17.8 Å². The summed E-state index contributed by atoms with van der Waals surface area (Å²) < 4.78 is 25.7. The molecule has 4 aliphatic rings. The summed E-state index contributed by atoms with van der Waals surface area (Å²) in [7, 11) is 0. The summed E-state index contributed by atoms with van der Waals surface area (Å²) in [6.45, 7) is -1.26. The van der Waals surface area contributed by atoms with Crippen molar-refractivity contribution >= 4 is 40.2 Å². The maximum absolute atomic E-state index is 13.4. The van der Waals surface area contributed by atoms with Crippen molar-refractivity contribution in [3.05, 3.63) is 53.5 Å². The van der Waals surface area contributed by atoms with Gasteiger partial charge in [0.15, 0.2) is 0 Å². The Morgan fingerprint density at radius 1 is 1.15 bits per heavy atom. The summed E-state index contributed by atoms with van der Waals surface area (Å²) in [5, 5.41) is 8.54. The molecule has 10 nitrogen and oxygen atoms in total. The molecule has 1 unspecified atom stereocenters. The average molecular weight is 544 g/mol. The zero-order valence-corrected chi connectivity index (χ0v) is 22.1. The Balaban J connectivity index is 1.07. The van der Waals surface area contributed by atoms with E-state index >= 15 is 0 Å². The van der Waals surface area contributed by atoms with Gasteiger partial charge in [-0.25, -0.2) is 4.98 Å². The highest BCUT2D eigenvalue weighted by Gasteiger charge is 2.43. The summed E-state index contributed by atoms with van der Waals surface area (Å²) in [5.41, 5.74) is 1.18. The van der Waals surface area contributed by atoms with E-state index in [1.165, 1.54) is 4.90 Å². The van der Waals surface area contributed by atoms with Crippen molar-refractivity contribution in [2.75, 3.05) is 18.0 Å². The van der Waals surface area contributed by atoms with Gasteiger partial charge < -0.3 is 4.90 Å². The molecule has 2 saturated heterocycles. The molecule has 1 aliphatic carbocycles. The molecule has 1 aromatic carbocycles. The molecule has 1 atom stereocenters. The average Bonchev–Trinajstić information content (AvgIpc) is 3.52. The number of likely N-dealkylation sites (tertiary alicyclic amines) is 1. The first-order chi connectivity index (χ1) is 20.6. The van der Waals surface area contributed by atoms with Crippen molar-refractivity contribution in [3.63, 3.8) is 0 Å². The van der Waals surface area contributed by atoms with Gasteiger partial charge in [-0.1, -0.05) is 25.4 Å². The highest BCUT2D eigenvalue weighted by molar-refractivity contribution is 6.26. The lowest BCUT2D eigenvalue weighted by atomic mass is 9.69. The van der Waals surface area contributed by atoms with Crippen molar-refractivity contribution in [1.82, 2.24) is 25.0 Å². The Morgan fingerprint density at radius 3 is 2.70 bits per heavy atom. The number of carbonyl (C=O) groups is 4. The lowest BCUT2D eigenvalue weighted by molar-refractivity contribution is -0.147. The number of aromatic nitrogens is 3. The quantitative estimate of drug-likeness (QED) is 0.494. The summed E-state index contributed by atoms with van der Waals surface area (Å²) in [4.78, 5) is 58.7. The third-order valence-electron chi connectivity index (χ3n) is 8.97. The van der Waals surface area contributed by atoms with Gasteiger partial charge in [0.2, 0.25) is 17.7 Å². The molecule has 2 aromatic heterocycles. The number of hydrogen-bond donors (Lipinski definition) is 1. The predicted octanol–water partition coefficient (Wildman–Crippen LogP) is 3.14. The third-order valence-corrected chi connectivity index (χ3v) is 8.97. The molecule has 5 heterocycles. The number of amides is 4. The number of benzene rings is 1. The Labute approximate surface area is 235 Å². The Hall–Kier alpha value is -4.08. The van der Waals surface area contributed by atoms with Crippen molar-refractivity contribution in [2.45, 2.75) is 70.3 Å². The van der Waals surface area contributed by atoms with E-state index in [1.54, 1.807) is 17.2 Å². The topological polar surface area (TPSA) is 118 Å². The number of rotatable bonds is 5. The molecule has 1 saturated carbocycles. The van der Waals surface area contributed by atoms with Crippen LogP contribution in [-0.4, -0.2) is 62.4 Å². The van der Waals surface area contributed by atoms with Gasteiger partial charge in [-0.05, 0) is 54.7 Å². The summed E-state index contributed by atoms with van der Waals surface area (Å²) >= 11 is 0. The molecule has 0 spiro atoms. The van der Waals surface area contributed by atoms with Crippen LogP contribution in [-0.2, 0) is 20.8 Å².